The van der Waals surface area contributed by atoms with Gasteiger partial charge < -0.3 is 9.40 Å². The second kappa shape index (κ2) is 7.68. The molecule has 4 rings (SSSR count). The summed E-state index contributed by atoms with van der Waals surface area (Å²) >= 11 is 5.85. The Balaban J connectivity index is 1.49. The monoisotopic (exact) mass is 425 g/mol. The van der Waals surface area contributed by atoms with Crippen molar-refractivity contribution in [1.82, 2.24) is 20.8 Å². The van der Waals surface area contributed by atoms with E-state index < -0.39 is 22.6 Å². The molecule has 0 atom stereocenters. The number of hydrazine groups is 1. The lowest BCUT2D eigenvalue weighted by atomic mass is 10.2. The van der Waals surface area contributed by atoms with Crippen LogP contribution in [0.1, 0.15) is 20.7 Å². The van der Waals surface area contributed by atoms with Gasteiger partial charge in [-0.1, -0.05) is 17.7 Å². The Bertz CT molecular complexity index is 1300. The van der Waals surface area contributed by atoms with E-state index in [1.165, 1.54) is 30.3 Å². The van der Waals surface area contributed by atoms with Gasteiger partial charge in [-0.3, -0.25) is 30.6 Å². The van der Waals surface area contributed by atoms with E-state index in [1.807, 2.05) is 0 Å². The summed E-state index contributed by atoms with van der Waals surface area (Å²) in [6.45, 7) is 0. The molecule has 0 spiro atoms. The highest BCUT2D eigenvalue weighted by Gasteiger charge is 2.17. The standard InChI is InChI=1S/C19H12ClN5O5/c20-12-3-1-2-10(8-12)18(26)23-24-19(27)11-4-5-13-14(9-11)22-17(21-13)15-6-7-16(30-15)25(28)29/h1-9H,(H,21,22)(H,23,26)(H,24,27). The van der Waals surface area contributed by atoms with Crippen molar-refractivity contribution in [1.29, 1.82) is 0 Å². The van der Waals surface area contributed by atoms with Gasteiger partial charge in [0.05, 0.1) is 17.1 Å². The number of nitrogens with one attached hydrogen (secondary N) is 3. The maximum atomic E-state index is 12.4. The Labute approximate surface area is 173 Å². The fourth-order valence-corrected chi connectivity index (χ4v) is 2.90. The first kappa shape index (κ1) is 19.2. The van der Waals surface area contributed by atoms with Crippen LogP contribution in [0.15, 0.2) is 59.0 Å². The van der Waals surface area contributed by atoms with Crippen LogP contribution in [0, 0.1) is 10.1 Å². The zero-order chi connectivity index (χ0) is 21.3. The van der Waals surface area contributed by atoms with Crippen molar-refractivity contribution in [3.63, 3.8) is 0 Å². The summed E-state index contributed by atoms with van der Waals surface area (Å²) in [6, 6.07) is 13.6. The summed E-state index contributed by atoms with van der Waals surface area (Å²) in [7, 11) is 0. The topological polar surface area (TPSA) is 143 Å². The van der Waals surface area contributed by atoms with Gasteiger partial charge >= 0.3 is 5.88 Å². The zero-order valence-electron chi connectivity index (χ0n) is 15.0. The molecule has 2 aromatic heterocycles. The van der Waals surface area contributed by atoms with Crippen LogP contribution in [0.25, 0.3) is 22.6 Å². The Kier molecular flexibility index (Phi) is 4.90. The summed E-state index contributed by atoms with van der Waals surface area (Å²) < 4.78 is 5.12. The van der Waals surface area contributed by atoms with Crippen molar-refractivity contribution in [2.75, 3.05) is 0 Å². The Morgan fingerprint density at radius 1 is 1.03 bits per heavy atom. The second-order valence-electron chi connectivity index (χ2n) is 6.13. The molecule has 0 saturated heterocycles. The van der Waals surface area contributed by atoms with Gasteiger partial charge in [0, 0.05) is 16.1 Å². The van der Waals surface area contributed by atoms with E-state index in [4.69, 9.17) is 16.0 Å². The molecular weight excluding hydrogens is 414 g/mol. The van der Waals surface area contributed by atoms with Crippen LogP contribution in [-0.4, -0.2) is 26.7 Å². The molecule has 0 radical (unpaired) electrons. The molecule has 2 amide bonds. The average molecular weight is 426 g/mol. The van der Waals surface area contributed by atoms with Gasteiger partial charge in [0.15, 0.2) is 11.6 Å². The highest BCUT2D eigenvalue weighted by atomic mass is 35.5. The van der Waals surface area contributed by atoms with Gasteiger partial charge in [0.1, 0.15) is 4.92 Å². The summed E-state index contributed by atoms with van der Waals surface area (Å²) in [5, 5.41) is 11.2. The number of benzene rings is 2. The molecule has 11 heteroatoms. The van der Waals surface area contributed by atoms with Gasteiger partial charge in [0.2, 0.25) is 0 Å². The summed E-state index contributed by atoms with van der Waals surface area (Å²) in [5.41, 5.74) is 6.24. The number of hydrogen-bond acceptors (Lipinski definition) is 6. The fraction of sp³-hybridized carbons (Fsp3) is 0. The molecule has 0 aliphatic rings. The van der Waals surface area contributed by atoms with Gasteiger partial charge in [-0.05, 0) is 42.5 Å². The third-order valence-corrected chi connectivity index (χ3v) is 4.36. The van der Waals surface area contributed by atoms with Crippen LogP contribution in [-0.2, 0) is 0 Å². The number of H-pyrrole nitrogens is 1. The molecule has 0 aliphatic heterocycles. The maximum Gasteiger partial charge on any atom is 0.433 e. The van der Waals surface area contributed by atoms with Gasteiger partial charge in [-0.15, -0.1) is 0 Å². The van der Waals surface area contributed by atoms with Crippen LogP contribution < -0.4 is 10.9 Å². The number of aromatic nitrogens is 2. The Morgan fingerprint density at radius 3 is 2.43 bits per heavy atom. The summed E-state index contributed by atoms with van der Waals surface area (Å²) in [5.74, 6) is -0.990. The molecule has 10 nitrogen and oxygen atoms in total. The Hall–Kier alpha value is -4.18. The van der Waals surface area contributed by atoms with Crippen LogP contribution in [0.4, 0.5) is 5.88 Å². The van der Waals surface area contributed by atoms with E-state index in [0.29, 0.717) is 21.6 Å². The van der Waals surface area contributed by atoms with Gasteiger partial charge in [0.25, 0.3) is 11.8 Å². The molecule has 4 aromatic rings. The molecule has 2 aromatic carbocycles. The van der Waals surface area contributed by atoms with Crippen LogP contribution in [0.2, 0.25) is 5.02 Å². The number of furan rings is 1. The van der Waals surface area contributed by atoms with Gasteiger partial charge in [-0.25, -0.2) is 4.98 Å². The predicted octanol–water partition coefficient (Wildman–Crippen LogP) is 3.46. The van der Waals surface area contributed by atoms with Crippen LogP contribution in [0.3, 0.4) is 0 Å². The van der Waals surface area contributed by atoms with Crippen molar-refractivity contribution in [3.8, 4) is 11.6 Å². The first-order chi connectivity index (χ1) is 14.4. The number of carbonyl (C=O) groups excluding carboxylic acids is 2. The number of imidazole rings is 1. The van der Waals surface area contributed by atoms with Gasteiger partial charge in [-0.2, -0.15) is 0 Å². The fourth-order valence-electron chi connectivity index (χ4n) is 2.71. The molecule has 0 saturated carbocycles. The Morgan fingerprint density at radius 2 is 1.77 bits per heavy atom. The predicted molar refractivity (Wildman–Crippen MR) is 107 cm³/mol. The minimum Gasteiger partial charge on any atom is -0.397 e. The normalized spacial score (nSPS) is 10.7. The molecule has 150 valence electrons. The second-order valence-corrected chi connectivity index (χ2v) is 6.57. The summed E-state index contributed by atoms with van der Waals surface area (Å²) in [4.78, 5) is 41.8. The molecule has 0 bridgehead atoms. The molecule has 0 unspecified atom stereocenters. The molecule has 0 fully saturated rings. The van der Waals surface area contributed by atoms with E-state index in [-0.39, 0.29) is 17.1 Å². The number of rotatable bonds is 4. The third kappa shape index (κ3) is 3.84. The lowest BCUT2D eigenvalue weighted by Gasteiger charge is -2.07. The number of fused-ring (bicyclic) bond motifs is 1. The lowest BCUT2D eigenvalue weighted by Crippen LogP contribution is -2.41. The number of nitro groups is 1. The van der Waals surface area contributed by atoms with E-state index in [1.54, 1.807) is 24.3 Å². The first-order valence-corrected chi connectivity index (χ1v) is 8.89. The van der Waals surface area contributed by atoms with E-state index >= 15 is 0 Å². The van der Waals surface area contributed by atoms with Crippen LogP contribution >= 0.6 is 11.6 Å². The number of hydrogen-bond donors (Lipinski definition) is 3. The lowest BCUT2D eigenvalue weighted by molar-refractivity contribution is -0.401. The zero-order valence-corrected chi connectivity index (χ0v) is 15.8. The molecule has 0 aliphatic carbocycles. The number of halogens is 1. The minimum atomic E-state index is -0.647. The number of carbonyl (C=O) groups is 2. The molecule has 3 N–H and O–H groups in total. The van der Waals surface area contributed by atoms with Crippen LogP contribution in [0.5, 0.6) is 0 Å². The quantitative estimate of drug-likeness (QED) is 0.337. The van der Waals surface area contributed by atoms with Crippen molar-refractivity contribution in [2.45, 2.75) is 0 Å². The van der Waals surface area contributed by atoms with Crippen molar-refractivity contribution in [3.05, 3.63) is 80.9 Å². The SMILES string of the molecule is O=C(NNC(=O)c1ccc2nc(-c3ccc([N+](=O)[O-])o3)[nH]c2c1)c1cccc(Cl)c1. The molecule has 2 heterocycles. The van der Waals surface area contributed by atoms with E-state index in [9.17, 15) is 19.7 Å². The van der Waals surface area contributed by atoms with E-state index in [0.717, 1.165) is 0 Å². The molecular formula is C19H12ClN5O5. The number of aromatic amines is 1. The van der Waals surface area contributed by atoms with E-state index in [2.05, 4.69) is 20.8 Å². The third-order valence-electron chi connectivity index (χ3n) is 4.13. The minimum absolute atomic E-state index is 0.192. The first-order valence-electron chi connectivity index (χ1n) is 8.51. The highest BCUT2D eigenvalue weighted by molar-refractivity contribution is 6.31. The average Bonchev–Trinajstić information content (AvgIpc) is 3.38. The summed E-state index contributed by atoms with van der Waals surface area (Å²) in [6.07, 6.45) is 0. The number of nitrogens with zero attached hydrogens (tertiary/aromatic N) is 2. The van der Waals surface area contributed by atoms with Crippen molar-refractivity contribution < 1.29 is 18.9 Å². The largest absolute Gasteiger partial charge is 0.433 e. The molecule has 30 heavy (non-hydrogen) atoms. The van der Waals surface area contributed by atoms with Crippen molar-refractivity contribution >= 4 is 40.3 Å². The highest BCUT2D eigenvalue weighted by Crippen LogP contribution is 2.26. The maximum absolute atomic E-state index is 12.4. The smallest absolute Gasteiger partial charge is 0.397 e. The number of amides is 2. The van der Waals surface area contributed by atoms with Crippen molar-refractivity contribution in [2.24, 2.45) is 0 Å².